The van der Waals surface area contributed by atoms with E-state index in [1.54, 1.807) is 0 Å². The van der Waals surface area contributed by atoms with Gasteiger partial charge in [0.05, 0.1) is 0 Å². The minimum atomic E-state index is 0.257. The Balaban J connectivity index is 1.44. The van der Waals surface area contributed by atoms with E-state index < -0.39 is 0 Å². The first-order valence-corrected chi connectivity index (χ1v) is 8.42. The second-order valence-corrected chi connectivity index (χ2v) is 6.89. The maximum atomic E-state index is 11.7. The van der Waals surface area contributed by atoms with E-state index in [1.807, 2.05) is 18.9 Å². The third kappa shape index (κ3) is 3.33. The number of carbonyl (C=O) groups is 1. The van der Waals surface area contributed by atoms with Gasteiger partial charge in [-0.15, -0.1) is 0 Å². The van der Waals surface area contributed by atoms with Gasteiger partial charge in [-0.25, -0.2) is 0 Å². The van der Waals surface area contributed by atoms with Crippen LogP contribution in [0.15, 0.2) is 4.99 Å². The number of hydrogen-bond donors (Lipinski definition) is 2. The highest BCUT2D eigenvalue weighted by atomic mass is 16.2. The van der Waals surface area contributed by atoms with Crippen molar-refractivity contribution in [2.45, 2.75) is 51.5 Å². The van der Waals surface area contributed by atoms with E-state index in [0.29, 0.717) is 17.9 Å². The van der Waals surface area contributed by atoms with Crippen molar-refractivity contribution in [3.63, 3.8) is 0 Å². The minimum Gasteiger partial charge on any atom is -0.356 e. The van der Waals surface area contributed by atoms with Gasteiger partial charge in [-0.1, -0.05) is 6.92 Å². The normalized spacial score (nSPS) is 27.6. The van der Waals surface area contributed by atoms with Crippen LogP contribution in [-0.2, 0) is 4.79 Å². The lowest BCUT2D eigenvalue weighted by molar-refractivity contribution is -0.129. The largest absolute Gasteiger partial charge is 0.356 e. The summed E-state index contributed by atoms with van der Waals surface area (Å²) < 4.78 is 0. The van der Waals surface area contributed by atoms with Crippen LogP contribution in [0.3, 0.4) is 0 Å². The molecule has 2 N–H and O–H groups in total. The summed E-state index contributed by atoms with van der Waals surface area (Å²) in [7, 11) is 1.83. The van der Waals surface area contributed by atoms with Gasteiger partial charge in [0.15, 0.2) is 5.96 Å². The van der Waals surface area contributed by atoms with E-state index in [-0.39, 0.29) is 5.91 Å². The zero-order valence-corrected chi connectivity index (χ0v) is 13.3. The highest BCUT2D eigenvalue weighted by Crippen LogP contribution is 2.60. The zero-order valence-electron chi connectivity index (χ0n) is 13.3. The van der Waals surface area contributed by atoms with Crippen LogP contribution >= 0.6 is 0 Å². The monoisotopic (exact) mass is 292 g/mol. The summed E-state index contributed by atoms with van der Waals surface area (Å²) in [6, 6.07) is 0.336. The van der Waals surface area contributed by atoms with E-state index in [9.17, 15) is 4.79 Å². The lowest BCUT2D eigenvalue weighted by atomic mass is 10.0. The Morgan fingerprint density at radius 2 is 2.10 bits per heavy atom. The summed E-state index contributed by atoms with van der Waals surface area (Å²) in [6.45, 7) is 4.66. The van der Waals surface area contributed by atoms with E-state index in [0.717, 1.165) is 37.9 Å². The molecule has 0 bridgehead atoms. The molecule has 118 valence electrons. The van der Waals surface area contributed by atoms with Gasteiger partial charge < -0.3 is 15.5 Å². The molecule has 1 heterocycles. The molecule has 3 aliphatic rings. The summed E-state index contributed by atoms with van der Waals surface area (Å²) in [4.78, 5) is 18.0. The quantitative estimate of drug-likeness (QED) is 0.594. The van der Waals surface area contributed by atoms with Crippen molar-refractivity contribution >= 4 is 11.9 Å². The van der Waals surface area contributed by atoms with Crippen LogP contribution in [0, 0.1) is 11.3 Å². The van der Waals surface area contributed by atoms with Crippen LogP contribution in [0.4, 0.5) is 0 Å². The molecule has 5 nitrogen and oxygen atoms in total. The summed E-state index contributed by atoms with van der Waals surface area (Å²) in [5.74, 6) is 2.12. The van der Waals surface area contributed by atoms with Gasteiger partial charge in [0, 0.05) is 39.1 Å². The van der Waals surface area contributed by atoms with Crippen LogP contribution in [0.25, 0.3) is 0 Å². The second kappa shape index (κ2) is 5.85. The molecule has 0 spiro atoms. The molecule has 0 aromatic rings. The molecule has 21 heavy (non-hydrogen) atoms. The summed E-state index contributed by atoms with van der Waals surface area (Å²) in [5, 5.41) is 6.99. The second-order valence-electron chi connectivity index (χ2n) is 6.89. The van der Waals surface area contributed by atoms with Gasteiger partial charge in [0.2, 0.25) is 5.91 Å². The Morgan fingerprint density at radius 1 is 1.33 bits per heavy atom. The first kappa shape index (κ1) is 14.7. The Morgan fingerprint density at radius 3 is 2.67 bits per heavy atom. The van der Waals surface area contributed by atoms with Crippen LogP contribution in [0.5, 0.6) is 0 Å². The molecular formula is C16H28N4O. The Kier molecular flexibility index (Phi) is 4.09. The van der Waals surface area contributed by atoms with Gasteiger partial charge in [0.25, 0.3) is 0 Å². The van der Waals surface area contributed by atoms with Crippen molar-refractivity contribution in [3.05, 3.63) is 0 Å². The number of guanidine groups is 1. The third-order valence-electron chi connectivity index (χ3n) is 5.35. The summed E-state index contributed by atoms with van der Waals surface area (Å²) in [6.07, 6.45) is 7.21. The first-order chi connectivity index (χ1) is 10.2. The van der Waals surface area contributed by atoms with Crippen LogP contribution in [0.2, 0.25) is 0 Å². The molecule has 5 heteroatoms. The molecule has 2 saturated carbocycles. The highest BCUT2D eigenvalue weighted by Gasteiger charge is 2.53. The molecule has 2 aliphatic carbocycles. The summed E-state index contributed by atoms with van der Waals surface area (Å²) in [5.41, 5.74) is 0.581. The minimum absolute atomic E-state index is 0.257. The maximum absolute atomic E-state index is 11.7. The summed E-state index contributed by atoms with van der Waals surface area (Å²) >= 11 is 0. The van der Waals surface area contributed by atoms with Crippen molar-refractivity contribution in [1.29, 1.82) is 0 Å². The number of hydrogen-bond acceptors (Lipinski definition) is 2. The van der Waals surface area contributed by atoms with E-state index in [2.05, 4.69) is 15.6 Å². The SMILES string of the molecule is CCC(=O)N1CCC(NC(=NC)NCC2(C3CC3)CC2)C1. The average Bonchev–Trinajstić information content (AvgIpc) is 3.40. The number of nitrogens with one attached hydrogen (secondary N) is 2. The predicted molar refractivity (Wildman–Crippen MR) is 84.2 cm³/mol. The number of carbonyl (C=O) groups excluding carboxylic acids is 1. The maximum Gasteiger partial charge on any atom is 0.222 e. The smallest absolute Gasteiger partial charge is 0.222 e. The zero-order chi connectivity index (χ0) is 14.9. The molecule has 3 fully saturated rings. The van der Waals surface area contributed by atoms with E-state index >= 15 is 0 Å². The Labute approximate surface area is 127 Å². The van der Waals surface area contributed by atoms with Gasteiger partial charge in [-0.05, 0) is 43.4 Å². The average molecular weight is 292 g/mol. The van der Waals surface area contributed by atoms with Crippen molar-refractivity contribution in [2.24, 2.45) is 16.3 Å². The molecule has 1 atom stereocenters. The Hall–Kier alpha value is -1.26. The van der Waals surface area contributed by atoms with E-state index in [4.69, 9.17) is 0 Å². The molecule has 0 aromatic heterocycles. The molecule has 1 amide bonds. The van der Waals surface area contributed by atoms with Crippen molar-refractivity contribution in [3.8, 4) is 0 Å². The van der Waals surface area contributed by atoms with Crippen molar-refractivity contribution in [2.75, 3.05) is 26.7 Å². The topological polar surface area (TPSA) is 56.7 Å². The lowest BCUT2D eigenvalue weighted by Crippen LogP contribution is -2.46. The van der Waals surface area contributed by atoms with Crippen LogP contribution in [-0.4, -0.2) is 49.5 Å². The first-order valence-electron chi connectivity index (χ1n) is 8.42. The van der Waals surface area contributed by atoms with Crippen LogP contribution < -0.4 is 10.6 Å². The van der Waals surface area contributed by atoms with Crippen LogP contribution in [0.1, 0.15) is 45.4 Å². The molecule has 0 radical (unpaired) electrons. The fourth-order valence-electron chi connectivity index (χ4n) is 3.56. The number of amides is 1. The molecule has 1 saturated heterocycles. The molecule has 1 unspecified atom stereocenters. The van der Waals surface area contributed by atoms with Gasteiger partial charge >= 0.3 is 0 Å². The number of aliphatic imine (C=N–C) groups is 1. The van der Waals surface area contributed by atoms with E-state index in [1.165, 1.54) is 25.7 Å². The molecule has 3 rings (SSSR count). The molecular weight excluding hydrogens is 264 g/mol. The number of nitrogens with zero attached hydrogens (tertiary/aromatic N) is 2. The Bertz CT molecular complexity index is 426. The highest BCUT2D eigenvalue weighted by molar-refractivity contribution is 5.80. The fraction of sp³-hybridized carbons (Fsp3) is 0.875. The predicted octanol–water partition coefficient (Wildman–Crippen LogP) is 1.35. The number of rotatable bonds is 5. The van der Waals surface area contributed by atoms with Crippen molar-refractivity contribution < 1.29 is 4.79 Å². The number of likely N-dealkylation sites (tertiary alicyclic amines) is 1. The van der Waals surface area contributed by atoms with Gasteiger partial charge in [0.1, 0.15) is 0 Å². The molecule has 0 aromatic carbocycles. The lowest BCUT2D eigenvalue weighted by Gasteiger charge is -2.21. The van der Waals surface area contributed by atoms with Gasteiger partial charge in [-0.3, -0.25) is 9.79 Å². The fourth-order valence-corrected chi connectivity index (χ4v) is 3.56. The standard InChI is InChI=1S/C16H28N4O/c1-3-14(21)20-9-6-13(10-20)19-15(17-2)18-11-16(7-8-16)12-4-5-12/h12-13H,3-11H2,1-2H3,(H2,17,18,19). The molecule has 1 aliphatic heterocycles. The van der Waals surface area contributed by atoms with Gasteiger partial charge in [-0.2, -0.15) is 0 Å². The van der Waals surface area contributed by atoms with Crippen molar-refractivity contribution in [1.82, 2.24) is 15.5 Å². The third-order valence-corrected chi connectivity index (χ3v) is 5.35.